The quantitative estimate of drug-likeness (QED) is 0.779. The zero-order valence-electron chi connectivity index (χ0n) is 9.05. The summed E-state index contributed by atoms with van der Waals surface area (Å²) in [6.45, 7) is 7.26. The maximum absolute atomic E-state index is 13.0. The molecular formula is C12H18FN. The summed E-state index contributed by atoms with van der Waals surface area (Å²) in [5.74, 6) is 0.184. The minimum Gasteiger partial charge on any atom is -0.314 e. The highest BCUT2D eigenvalue weighted by atomic mass is 19.1. The third kappa shape index (κ3) is 2.81. The zero-order chi connectivity index (χ0) is 10.6. The number of likely N-dealkylation sites (N-methyl/N-ethyl adjacent to an activating group) is 1. The monoisotopic (exact) mass is 195 g/mol. The molecule has 0 aliphatic carbocycles. The summed E-state index contributed by atoms with van der Waals surface area (Å²) in [5.41, 5.74) is 1.05. The van der Waals surface area contributed by atoms with Crippen LogP contribution in [0.4, 0.5) is 4.39 Å². The first-order valence-electron chi connectivity index (χ1n) is 5.14. The molecule has 2 unspecified atom stereocenters. The van der Waals surface area contributed by atoms with Crippen LogP contribution in [0.1, 0.15) is 32.3 Å². The van der Waals surface area contributed by atoms with Crippen molar-refractivity contribution in [3.05, 3.63) is 35.6 Å². The van der Waals surface area contributed by atoms with E-state index < -0.39 is 0 Å². The molecule has 0 radical (unpaired) electrons. The van der Waals surface area contributed by atoms with Gasteiger partial charge < -0.3 is 5.32 Å². The van der Waals surface area contributed by atoms with Crippen LogP contribution in [0.25, 0.3) is 0 Å². The van der Waals surface area contributed by atoms with Crippen molar-refractivity contribution in [2.75, 3.05) is 6.54 Å². The molecule has 14 heavy (non-hydrogen) atoms. The Hall–Kier alpha value is -0.890. The number of halogens is 1. The largest absolute Gasteiger partial charge is 0.314 e. The second-order valence-electron chi connectivity index (χ2n) is 3.69. The molecule has 0 amide bonds. The van der Waals surface area contributed by atoms with Crippen molar-refractivity contribution >= 4 is 0 Å². The van der Waals surface area contributed by atoms with Gasteiger partial charge in [-0.2, -0.15) is 0 Å². The van der Waals surface area contributed by atoms with Crippen LogP contribution in [0.3, 0.4) is 0 Å². The maximum atomic E-state index is 13.0. The first-order valence-corrected chi connectivity index (χ1v) is 5.14. The lowest BCUT2D eigenvalue weighted by molar-refractivity contribution is 0.492. The van der Waals surface area contributed by atoms with Crippen LogP contribution in [0.15, 0.2) is 24.3 Å². The predicted molar refractivity (Wildman–Crippen MR) is 58.0 cm³/mol. The highest BCUT2D eigenvalue weighted by Gasteiger charge is 2.13. The summed E-state index contributed by atoms with van der Waals surface area (Å²) < 4.78 is 13.0. The Labute approximate surface area is 85.3 Å². The van der Waals surface area contributed by atoms with Crippen molar-refractivity contribution in [2.24, 2.45) is 0 Å². The fourth-order valence-electron chi connectivity index (χ4n) is 1.58. The van der Waals surface area contributed by atoms with Crippen molar-refractivity contribution in [1.29, 1.82) is 0 Å². The summed E-state index contributed by atoms with van der Waals surface area (Å²) in [6, 6.07) is 7.20. The molecule has 0 saturated heterocycles. The molecule has 1 nitrogen and oxygen atoms in total. The molecule has 0 fully saturated rings. The zero-order valence-corrected chi connectivity index (χ0v) is 9.05. The van der Waals surface area contributed by atoms with Crippen molar-refractivity contribution < 1.29 is 4.39 Å². The first-order chi connectivity index (χ1) is 6.65. The minimum atomic E-state index is -0.155. The summed E-state index contributed by atoms with van der Waals surface area (Å²) in [4.78, 5) is 0. The van der Waals surface area contributed by atoms with Crippen LogP contribution >= 0.6 is 0 Å². The van der Waals surface area contributed by atoms with Crippen LogP contribution < -0.4 is 5.32 Å². The second-order valence-corrected chi connectivity index (χ2v) is 3.69. The van der Waals surface area contributed by atoms with E-state index in [1.54, 1.807) is 12.1 Å². The van der Waals surface area contributed by atoms with E-state index in [-0.39, 0.29) is 5.82 Å². The lowest BCUT2D eigenvalue weighted by Gasteiger charge is -2.20. The molecule has 0 aliphatic rings. The Balaban J connectivity index is 2.73. The van der Waals surface area contributed by atoms with Gasteiger partial charge in [-0.25, -0.2) is 4.39 Å². The number of hydrogen-bond donors (Lipinski definition) is 1. The molecule has 2 atom stereocenters. The third-order valence-corrected chi connectivity index (χ3v) is 2.65. The standard InChI is InChI=1S/C12H18FN/c1-4-14-10(3)9(2)11-6-5-7-12(13)8-11/h5-10,14H,4H2,1-3H3. The Kier molecular flexibility index (Phi) is 4.08. The second kappa shape index (κ2) is 5.11. The molecule has 2 heteroatoms. The molecule has 1 aromatic carbocycles. The molecule has 1 N–H and O–H groups in total. The number of benzene rings is 1. The molecule has 0 heterocycles. The average Bonchev–Trinajstić information content (AvgIpc) is 2.17. The fourth-order valence-corrected chi connectivity index (χ4v) is 1.58. The van der Waals surface area contributed by atoms with E-state index in [0.29, 0.717) is 12.0 Å². The van der Waals surface area contributed by atoms with Gasteiger partial charge in [0.05, 0.1) is 0 Å². The molecule has 78 valence electrons. The van der Waals surface area contributed by atoms with E-state index in [1.165, 1.54) is 6.07 Å². The van der Waals surface area contributed by atoms with Crippen molar-refractivity contribution in [2.45, 2.75) is 32.7 Å². The van der Waals surface area contributed by atoms with Gasteiger partial charge in [-0.3, -0.25) is 0 Å². The smallest absolute Gasteiger partial charge is 0.123 e. The summed E-state index contributed by atoms with van der Waals surface area (Å²) >= 11 is 0. The van der Waals surface area contributed by atoms with Crippen molar-refractivity contribution in [3.63, 3.8) is 0 Å². The van der Waals surface area contributed by atoms with Crippen LogP contribution in [0, 0.1) is 5.82 Å². The lowest BCUT2D eigenvalue weighted by atomic mass is 9.94. The number of rotatable bonds is 4. The fraction of sp³-hybridized carbons (Fsp3) is 0.500. The summed E-state index contributed by atoms with van der Waals surface area (Å²) in [5, 5.41) is 3.34. The molecule has 0 aliphatic heterocycles. The van der Waals surface area contributed by atoms with Gasteiger partial charge in [-0.1, -0.05) is 26.0 Å². The van der Waals surface area contributed by atoms with E-state index in [4.69, 9.17) is 0 Å². The molecule has 1 aromatic rings. The molecular weight excluding hydrogens is 177 g/mol. The van der Waals surface area contributed by atoms with E-state index in [2.05, 4.69) is 26.1 Å². The first kappa shape index (κ1) is 11.2. The molecule has 0 saturated carbocycles. The van der Waals surface area contributed by atoms with Gasteiger partial charge >= 0.3 is 0 Å². The lowest BCUT2D eigenvalue weighted by Crippen LogP contribution is -2.30. The highest BCUT2D eigenvalue weighted by Crippen LogP contribution is 2.19. The van der Waals surface area contributed by atoms with E-state index in [1.807, 2.05) is 6.07 Å². The van der Waals surface area contributed by atoms with Crippen LogP contribution in [-0.4, -0.2) is 12.6 Å². The third-order valence-electron chi connectivity index (χ3n) is 2.65. The van der Waals surface area contributed by atoms with Crippen LogP contribution in [-0.2, 0) is 0 Å². The van der Waals surface area contributed by atoms with Gasteiger partial charge in [-0.05, 0) is 37.1 Å². The number of hydrogen-bond acceptors (Lipinski definition) is 1. The molecule has 0 aromatic heterocycles. The van der Waals surface area contributed by atoms with Crippen LogP contribution in [0.5, 0.6) is 0 Å². The van der Waals surface area contributed by atoms with E-state index in [0.717, 1.165) is 12.1 Å². The summed E-state index contributed by atoms with van der Waals surface area (Å²) in [6.07, 6.45) is 0. The van der Waals surface area contributed by atoms with Gasteiger partial charge in [-0.15, -0.1) is 0 Å². The predicted octanol–water partition coefficient (Wildman–Crippen LogP) is 2.93. The highest BCUT2D eigenvalue weighted by molar-refractivity contribution is 5.21. The normalized spacial score (nSPS) is 15.1. The molecule has 0 bridgehead atoms. The van der Waals surface area contributed by atoms with Gasteiger partial charge in [0, 0.05) is 6.04 Å². The summed E-state index contributed by atoms with van der Waals surface area (Å²) in [7, 11) is 0. The van der Waals surface area contributed by atoms with Crippen LogP contribution in [0.2, 0.25) is 0 Å². The van der Waals surface area contributed by atoms with Crippen molar-refractivity contribution in [1.82, 2.24) is 5.32 Å². The Morgan fingerprint density at radius 2 is 2.07 bits per heavy atom. The Morgan fingerprint density at radius 3 is 2.64 bits per heavy atom. The SMILES string of the molecule is CCNC(C)C(C)c1cccc(F)c1. The maximum Gasteiger partial charge on any atom is 0.123 e. The Bertz CT molecular complexity index is 285. The van der Waals surface area contributed by atoms with Crippen molar-refractivity contribution in [3.8, 4) is 0 Å². The minimum absolute atomic E-state index is 0.155. The molecule has 1 rings (SSSR count). The molecule has 0 spiro atoms. The van der Waals surface area contributed by atoms with Gasteiger partial charge in [0.1, 0.15) is 5.82 Å². The van der Waals surface area contributed by atoms with Gasteiger partial charge in [0.2, 0.25) is 0 Å². The Morgan fingerprint density at radius 1 is 1.36 bits per heavy atom. The topological polar surface area (TPSA) is 12.0 Å². The van der Waals surface area contributed by atoms with Gasteiger partial charge in [0.15, 0.2) is 0 Å². The van der Waals surface area contributed by atoms with E-state index in [9.17, 15) is 4.39 Å². The van der Waals surface area contributed by atoms with E-state index >= 15 is 0 Å². The number of nitrogens with one attached hydrogen (secondary N) is 1. The van der Waals surface area contributed by atoms with Gasteiger partial charge in [0.25, 0.3) is 0 Å². The average molecular weight is 195 g/mol.